The van der Waals surface area contributed by atoms with Gasteiger partial charge in [0.05, 0.1) is 6.61 Å². The predicted molar refractivity (Wildman–Crippen MR) is 85.5 cm³/mol. The van der Waals surface area contributed by atoms with Crippen molar-refractivity contribution >= 4 is 46.6 Å². The molecule has 4 N–H and O–H groups in total. The molecule has 116 valence electrons. The van der Waals surface area contributed by atoms with Crippen LogP contribution in [0.2, 0.25) is 10.0 Å². The molecule has 0 fully saturated rings. The second kappa shape index (κ2) is 7.26. The number of aromatic nitrogens is 2. The molecule has 0 saturated heterocycles. The first-order valence-corrected chi connectivity index (χ1v) is 7.03. The molecular weight excluding hydrogens is 329 g/mol. The molecule has 7 nitrogen and oxygen atoms in total. The minimum absolute atomic E-state index is 0.142. The molecule has 0 bridgehead atoms. The first-order chi connectivity index (χ1) is 10.5. The van der Waals surface area contributed by atoms with Crippen LogP contribution in [0.3, 0.4) is 0 Å². The highest BCUT2D eigenvalue weighted by molar-refractivity contribution is 6.35. The number of hydrazine groups is 1. The lowest BCUT2D eigenvalue weighted by Gasteiger charge is -2.12. The lowest BCUT2D eigenvalue weighted by molar-refractivity contribution is 0.0526. The van der Waals surface area contributed by atoms with Crippen LogP contribution >= 0.6 is 23.2 Å². The number of rotatable bonds is 5. The Balaban J connectivity index is 2.40. The van der Waals surface area contributed by atoms with Crippen molar-refractivity contribution in [3.63, 3.8) is 0 Å². The SMILES string of the molecule is CCOC(=O)c1cnc(NN)nc1Nc1cc(Cl)cc(Cl)c1. The van der Waals surface area contributed by atoms with E-state index in [2.05, 4.69) is 20.7 Å². The van der Waals surface area contributed by atoms with Crippen molar-refractivity contribution < 1.29 is 9.53 Å². The van der Waals surface area contributed by atoms with Crippen LogP contribution in [0, 0.1) is 0 Å². The van der Waals surface area contributed by atoms with E-state index in [1.807, 2.05) is 0 Å². The van der Waals surface area contributed by atoms with E-state index >= 15 is 0 Å². The number of nitrogens with zero attached hydrogens (tertiary/aromatic N) is 2. The summed E-state index contributed by atoms with van der Waals surface area (Å²) in [6.07, 6.45) is 1.31. The van der Waals surface area contributed by atoms with Crippen LogP contribution in [-0.2, 0) is 4.74 Å². The maximum absolute atomic E-state index is 11.9. The second-order valence-electron chi connectivity index (χ2n) is 4.10. The fourth-order valence-electron chi connectivity index (χ4n) is 1.67. The van der Waals surface area contributed by atoms with Gasteiger partial charge in [0.15, 0.2) is 5.82 Å². The number of esters is 1. The van der Waals surface area contributed by atoms with Crippen molar-refractivity contribution in [2.75, 3.05) is 17.3 Å². The minimum atomic E-state index is -0.554. The molecule has 9 heteroatoms. The molecular formula is C13H13Cl2N5O2. The highest BCUT2D eigenvalue weighted by Crippen LogP contribution is 2.26. The maximum Gasteiger partial charge on any atom is 0.343 e. The van der Waals surface area contributed by atoms with Gasteiger partial charge < -0.3 is 10.1 Å². The van der Waals surface area contributed by atoms with E-state index in [-0.39, 0.29) is 23.9 Å². The van der Waals surface area contributed by atoms with Crippen LogP contribution < -0.4 is 16.6 Å². The van der Waals surface area contributed by atoms with E-state index in [0.717, 1.165) is 0 Å². The summed E-state index contributed by atoms with van der Waals surface area (Å²) in [4.78, 5) is 19.9. The Kier molecular flexibility index (Phi) is 5.37. The number of nitrogens with two attached hydrogens (primary N) is 1. The molecule has 1 aromatic heterocycles. The molecule has 2 rings (SSSR count). The molecule has 1 heterocycles. The summed E-state index contributed by atoms with van der Waals surface area (Å²) in [5, 5.41) is 3.84. The molecule has 1 aromatic carbocycles. The second-order valence-corrected chi connectivity index (χ2v) is 4.98. The van der Waals surface area contributed by atoms with Crippen LogP contribution in [-0.4, -0.2) is 22.5 Å². The zero-order valence-corrected chi connectivity index (χ0v) is 13.1. The van der Waals surface area contributed by atoms with Crippen LogP contribution in [0.5, 0.6) is 0 Å². The number of benzene rings is 1. The van der Waals surface area contributed by atoms with Gasteiger partial charge >= 0.3 is 5.97 Å². The lowest BCUT2D eigenvalue weighted by atomic mass is 10.2. The third-order valence-electron chi connectivity index (χ3n) is 2.54. The zero-order valence-electron chi connectivity index (χ0n) is 11.6. The molecule has 0 radical (unpaired) electrons. The van der Waals surface area contributed by atoms with Gasteiger partial charge in [-0.05, 0) is 25.1 Å². The molecule has 0 aliphatic heterocycles. The topological polar surface area (TPSA) is 102 Å². The number of nitrogen functional groups attached to an aromatic ring is 1. The van der Waals surface area contributed by atoms with Crippen molar-refractivity contribution in [2.24, 2.45) is 5.84 Å². The summed E-state index contributed by atoms with van der Waals surface area (Å²) < 4.78 is 4.96. The number of anilines is 3. The summed E-state index contributed by atoms with van der Waals surface area (Å²) in [7, 11) is 0. The van der Waals surface area contributed by atoms with Gasteiger partial charge in [-0.1, -0.05) is 23.2 Å². The Bertz CT molecular complexity index is 676. The molecule has 0 spiro atoms. The summed E-state index contributed by atoms with van der Waals surface area (Å²) in [5.41, 5.74) is 3.03. The van der Waals surface area contributed by atoms with Gasteiger partial charge in [0.2, 0.25) is 5.95 Å². The van der Waals surface area contributed by atoms with Gasteiger partial charge in [-0.25, -0.2) is 15.6 Å². The van der Waals surface area contributed by atoms with E-state index < -0.39 is 5.97 Å². The highest BCUT2D eigenvalue weighted by atomic mass is 35.5. The number of carbonyl (C=O) groups is 1. The van der Waals surface area contributed by atoms with Crippen molar-refractivity contribution in [1.29, 1.82) is 0 Å². The summed E-state index contributed by atoms with van der Waals surface area (Å²) in [6.45, 7) is 1.94. The van der Waals surface area contributed by atoms with Gasteiger partial charge in [0.1, 0.15) is 5.56 Å². The van der Waals surface area contributed by atoms with E-state index in [0.29, 0.717) is 15.7 Å². The molecule has 0 aliphatic rings. The first kappa shape index (κ1) is 16.3. The molecule has 22 heavy (non-hydrogen) atoms. The quantitative estimate of drug-likeness (QED) is 0.436. The Morgan fingerprint density at radius 3 is 2.59 bits per heavy atom. The molecule has 2 aromatic rings. The Morgan fingerprint density at radius 1 is 1.32 bits per heavy atom. The van der Waals surface area contributed by atoms with Gasteiger partial charge in [-0.3, -0.25) is 5.43 Å². The normalized spacial score (nSPS) is 10.2. The molecule has 0 unspecified atom stereocenters. The van der Waals surface area contributed by atoms with Gasteiger partial charge in [-0.2, -0.15) is 4.98 Å². The van der Waals surface area contributed by atoms with Crippen LogP contribution in [0.4, 0.5) is 17.5 Å². The monoisotopic (exact) mass is 341 g/mol. The molecule has 0 saturated carbocycles. The Hall–Kier alpha value is -2.09. The first-order valence-electron chi connectivity index (χ1n) is 6.27. The summed E-state index contributed by atoms with van der Waals surface area (Å²) >= 11 is 11.9. The van der Waals surface area contributed by atoms with E-state index in [4.69, 9.17) is 33.8 Å². The third-order valence-corrected chi connectivity index (χ3v) is 2.97. The smallest absolute Gasteiger partial charge is 0.343 e. The Morgan fingerprint density at radius 2 is 2.00 bits per heavy atom. The van der Waals surface area contributed by atoms with Gasteiger partial charge in [-0.15, -0.1) is 0 Å². The number of hydrogen-bond donors (Lipinski definition) is 3. The largest absolute Gasteiger partial charge is 0.462 e. The highest BCUT2D eigenvalue weighted by Gasteiger charge is 2.16. The minimum Gasteiger partial charge on any atom is -0.462 e. The maximum atomic E-state index is 11.9. The van der Waals surface area contributed by atoms with E-state index in [1.165, 1.54) is 6.20 Å². The van der Waals surface area contributed by atoms with Gasteiger partial charge in [0.25, 0.3) is 0 Å². The van der Waals surface area contributed by atoms with Crippen LogP contribution in [0.15, 0.2) is 24.4 Å². The average molecular weight is 342 g/mol. The summed E-state index contributed by atoms with van der Waals surface area (Å²) in [5.74, 6) is 5.09. The summed E-state index contributed by atoms with van der Waals surface area (Å²) in [6, 6.07) is 4.87. The average Bonchev–Trinajstić information content (AvgIpc) is 2.46. The van der Waals surface area contributed by atoms with E-state index in [9.17, 15) is 4.79 Å². The number of nitrogens with one attached hydrogen (secondary N) is 2. The lowest BCUT2D eigenvalue weighted by Crippen LogP contribution is -2.15. The predicted octanol–water partition coefficient (Wildman–Crippen LogP) is 2.99. The zero-order chi connectivity index (χ0) is 16.1. The number of carbonyl (C=O) groups excluding carboxylic acids is 1. The molecule has 0 aliphatic carbocycles. The van der Waals surface area contributed by atoms with E-state index in [1.54, 1.807) is 25.1 Å². The molecule has 0 atom stereocenters. The van der Waals surface area contributed by atoms with Crippen molar-refractivity contribution in [3.05, 3.63) is 40.0 Å². The fourth-order valence-corrected chi connectivity index (χ4v) is 2.19. The third kappa shape index (κ3) is 3.97. The standard InChI is InChI=1S/C13H13Cl2N5O2/c1-2-22-12(21)10-6-17-13(20-16)19-11(10)18-9-4-7(14)3-8(15)5-9/h3-6H,2,16H2,1H3,(H2,17,18,19,20). The van der Waals surface area contributed by atoms with Gasteiger partial charge in [0, 0.05) is 21.9 Å². The van der Waals surface area contributed by atoms with Crippen LogP contribution in [0.25, 0.3) is 0 Å². The Labute approximate surface area is 136 Å². The molecule has 0 amide bonds. The fraction of sp³-hybridized carbons (Fsp3) is 0.154. The van der Waals surface area contributed by atoms with Crippen LogP contribution in [0.1, 0.15) is 17.3 Å². The van der Waals surface area contributed by atoms with Crippen molar-refractivity contribution in [1.82, 2.24) is 9.97 Å². The van der Waals surface area contributed by atoms with Crippen molar-refractivity contribution in [2.45, 2.75) is 6.92 Å². The number of ether oxygens (including phenoxy) is 1. The number of halogens is 2. The number of hydrogen-bond acceptors (Lipinski definition) is 7. The van der Waals surface area contributed by atoms with Crippen molar-refractivity contribution in [3.8, 4) is 0 Å².